The molecule has 2 N–H and O–H groups in total. The van der Waals surface area contributed by atoms with Gasteiger partial charge in [0.1, 0.15) is 0 Å². The van der Waals surface area contributed by atoms with Gasteiger partial charge in [-0.3, -0.25) is 4.79 Å². The lowest BCUT2D eigenvalue weighted by Gasteiger charge is -2.23. The van der Waals surface area contributed by atoms with Gasteiger partial charge in [-0.2, -0.15) is 0 Å². The van der Waals surface area contributed by atoms with Gasteiger partial charge >= 0.3 is 0 Å². The molecule has 1 aromatic rings. The second kappa shape index (κ2) is 4.94. The van der Waals surface area contributed by atoms with Gasteiger partial charge in [0.25, 0.3) is 5.91 Å². The highest BCUT2D eigenvalue weighted by molar-refractivity contribution is 5.94. The summed E-state index contributed by atoms with van der Waals surface area (Å²) in [6, 6.07) is 7.63. The SMILES string of the molecule is Cc1ccc(C(=O)N(C)C(C)CN)cc1. The minimum absolute atomic E-state index is 0.0213. The van der Waals surface area contributed by atoms with E-state index in [0.29, 0.717) is 12.1 Å². The Hall–Kier alpha value is -1.35. The van der Waals surface area contributed by atoms with Crippen molar-refractivity contribution in [3.63, 3.8) is 0 Å². The molecule has 0 aliphatic rings. The molecule has 82 valence electrons. The molecule has 0 saturated heterocycles. The summed E-state index contributed by atoms with van der Waals surface area (Å²) in [6.45, 7) is 4.42. The van der Waals surface area contributed by atoms with Gasteiger partial charge in [0.2, 0.25) is 0 Å². The molecule has 0 spiro atoms. The molecule has 0 fully saturated rings. The summed E-state index contributed by atoms with van der Waals surface area (Å²) in [4.78, 5) is 13.6. The van der Waals surface area contributed by atoms with Crippen molar-refractivity contribution < 1.29 is 4.79 Å². The number of carbonyl (C=O) groups excluding carboxylic acids is 1. The first kappa shape index (κ1) is 11.7. The maximum Gasteiger partial charge on any atom is 0.253 e. The van der Waals surface area contributed by atoms with Crippen LogP contribution in [0.5, 0.6) is 0 Å². The Morgan fingerprint density at radius 2 is 1.93 bits per heavy atom. The van der Waals surface area contributed by atoms with Gasteiger partial charge < -0.3 is 10.6 Å². The van der Waals surface area contributed by atoms with Crippen molar-refractivity contribution in [2.75, 3.05) is 13.6 Å². The summed E-state index contributed by atoms with van der Waals surface area (Å²) in [5, 5.41) is 0. The van der Waals surface area contributed by atoms with Gasteiger partial charge in [0.05, 0.1) is 0 Å². The predicted molar refractivity (Wildman–Crippen MR) is 61.8 cm³/mol. The van der Waals surface area contributed by atoms with Crippen molar-refractivity contribution in [2.45, 2.75) is 19.9 Å². The molecule has 0 bridgehead atoms. The molecule has 1 atom stereocenters. The predicted octanol–water partition coefficient (Wildman–Crippen LogP) is 1.41. The standard InChI is InChI=1S/C12H18N2O/c1-9-4-6-11(7-5-9)12(15)14(3)10(2)8-13/h4-7,10H,8,13H2,1-3H3. The Balaban J connectivity index is 2.80. The van der Waals surface area contributed by atoms with Crippen molar-refractivity contribution in [1.82, 2.24) is 4.90 Å². The average molecular weight is 206 g/mol. The van der Waals surface area contributed by atoms with Crippen LogP contribution in [0.2, 0.25) is 0 Å². The van der Waals surface area contributed by atoms with Gasteiger partial charge in [-0.05, 0) is 26.0 Å². The zero-order chi connectivity index (χ0) is 11.4. The summed E-state index contributed by atoms with van der Waals surface area (Å²) in [5.74, 6) is 0.0213. The van der Waals surface area contributed by atoms with E-state index in [1.807, 2.05) is 38.1 Å². The van der Waals surface area contributed by atoms with Crippen molar-refractivity contribution in [3.05, 3.63) is 35.4 Å². The third-order valence-corrected chi connectivity index (χ3v) is 2.62. The van der Waals surface area contributed by atoms with E-state index in [1.54, 1.807) is 11.9 Å². The van der Waals surface area contributed by atoms with E-state index in [-0.39, 0.29) is 11.9 Å². The number of nitrogens with zero attached hydrogens (tertiary/aromatic N) is 1. The van der Waals surface area contributed by atoms with Crippen LogP contribution >= 0.6 is 0 Å². The summed E-state index contributed by atoms with van der Waals surface area (Å²) in [5.41, 5.74) is 7.38. The topological polar surface area (TPSA) is 46.3 Å². The molecule has 1 amide bonds. The van der Waals surface area contributed by atoms with Crippen LogP contribution in [0.25, 0.3) is 0 Å². The molecular weight excluding hydrogens is 188 g/mol. The highest BCUT2D eigenvalue weighted by Gasteiger charge is 2.15. The van der Waals surface area contributed by atoms with Crippen LogP contribution in [0.1, 0.15) is 22.8 Å². The quantitative estimate of drug-likeness (QED) is 0.813. The minimum atomic E-state index is 0.0213. The molecule has 0 saturated carbocycles. The lowest BCUT2D eigenvalue weighted by molar-refractivity contribution is 0.0748. The normalized spacial score (nSPS) is 12.3. The van der Waals surface area contributed by atoms with Crippen LogP contribution in [0.4, 0.5) is 0 Å². The highest BCUT2D eigenvalue weighted by Crippen LogP contribution is 2.07. The van der Waals surface area contributed by atoms with Crippen LogP contribution in [-0.2, 0) is 0 Å². The van der Waals surface area contributed by atoms with Gasteiger partial charge in [0.15, 0.2) is 0 Å². The second-order valence-corrected chi connectivity index (χ2v) is 3.87. The molecule has 1 rings (SSSR count). The molecule has 3 heteroatoms. The van der Waals surface area contributed by atoms with Gasteiger partial charge in [-0.15, -0.1) is 0 Å². The third kappa shape index (κ3) is 2.80. The molecule has 0 heterocycles. The summed E-state index contributed by atoms with van der Waals surface area (Å²) in [6.07, 6.45) is 0. The first-order valence-corrected chi connectivity index (χ1v) is 5.10. The maximum atomic E-state index is 11.9. The molecule has 0 aliphatic carbocycles. The Labute approximate surface area is 90.9 Å². The van der Waals surface area contributed by atoms with Gasteiger partial charge in [-0.1, -0.05) is 17.7 Å². The fraction of sp³-hybridized carbons (Fsp3) is 0.417. The molecule has 0 aromatic heterocycles. The zero-order valence-corrected chi connectivity index (χ0v) is 9.53. The number of nitrogens with two attached hydrogens (primary N) is 1. The Kier molecular flexibility index (Phi) is 3.86. The Morgan fingerprint density at radius 1 is 1.40 bits per heavy atom. The van der Waals surface area contributed by atoms with Crippen LogP contribution in [0, 0.1) is 6.92 Å². The third-order valence-electron chi connectivity index (χ3n) is 2.62. The second-order valence-electron chi connectivity index (χ2n) is 3.87. The van der Waals surface area contributed by atoms with Crippen molar-refractivity contribution in [3.8, 4) is 0 Å². The van der Waals surface area contributed by atoms with Gasteiger partial charge in [-0.25, -0.2) is 0 Å². The first-order chi connectivity index (χ1) is 7.06. The van der Waals surface area contributed by atoms with Crippen molar-refractivity contribution in [2.24, 2.45) is 5.73 Å². The number of carbonyl (C=O) groups is 1. The molecule has 15 heavy (non-hydrogen) atoms. The maximum absolute atomic E-state index is 11.9. The van der Waals surface area contributed by atoms with E-state index in [9.17, 15) is 4.79 Å². The smallest absolute Gasteiger partial charge is 0.253 e. The summed E-state index contributed by atoms with van der Waals surface area (Å²) >= 11 is 0. The number of aryl methyl sites for hydroxylation is 1. The average Bonchev–Trinajstić information content (AvgIpc) is 2.27. The van der Waals surface area contributed by atoms with Crippen LogP contribution in [0.15, 0.2) is 24.3 Å². The largest absolute Gasteiger partial charge is 0.338 e. The monoisotopic (exact) mass is 206 g/mol. The summed E-state index contributed by atoms with van der Waals surface area (Å²) in [7, 11) is 1.78. The fourth-order valence-electron chi connectivity index (χ4n) is 1.26. The van der Waals surface area contributed by atoms with Crippen molar-refractivity contribution in [1.29, 1.82) is 0 Å². The van der Waals surface area contributed by atoms with E-state index in [2.05, 4.69) is 0 Å². The number of rotatable bonds is 3. The molecule has 3 nitrogen and oxygen atoms in total. The molecule has 1 unspecified atom stereocenters. The number of amides is 1. The summed E-state index contributed by atoms with van der Waals surface area (Å²) < 4.78 is 0. The van der Waals surface area contributed by atoms with Crippen LogP contribution < -0.4 is 5.73 Å². The lowest BCUT2D eigenvalue weighted by atomic mass is 10.1. The Morgan fingerprint density at radius 3 is 2.40 bits per heavy atom. The van der Waals surface area contributed by atoms with Crippen LogP contribution in [0.3, 0.4) is 0 Å². The minimum Gasteiger partial charge on any atom is -0.338 e. The molecule has 1 aromatic carbocycles. The number of hydrogen-bond acceptors (Lipinski definition) is 2. The zero-order valence-electron chi connectivity index (χ0n) is 9.53. The van der Waals surface area contributed by atoms with Crippen molar-refractivity contribution >= 4 is 5.91 Å². The lowest BCUT2D eigenvalue weighted by Crippen LogP contribution is -2.39. The van der Waals surface area contributed by atoms with E-state index >= 15 is 0 Å². The van der Waals surface area contributed by atoms with E-state index in [4.69, 9.17) is 5.73 Å². The van der Waals surface area contributed by atoms with E-state index in [0.717, 1.165) is 5.56 Å². The molecule has 0 radical (unpaired) electrons. The fourth-order valence-corrected chi connectivity index (χ4v) is 1.26. The number of benzene rings is 1. The van der Waals surface area contributed by atoms with Gasteiger partial charge in [0, 0.05) is 25.2 Å². The Bertz CT molecular complexity index is 332. The molecular formula is C12H18N2O. The number of likely N-dealkylation sites (N-methyl/N-ethyl adjacent to an activating group) is 1. The van der Waals surface area contributed by atoms with E-state index < -0.39 is 0 Å². The highest BCUT2D eigenvalue weighted by atomic mass is 16.2. The first-order valence-electron chi connectivity index (χ1n) is 5.10. The van der Waals surface area contributed by atoms with Crippen LogP contribution in [-0.4, -0.2) is 30.4 Å². The van der Waals surface area contributed by atoms with E-state index in [1.165, 1.54) is 0 Å². The molecule has 0 aliphatic heterocycles. The number of hydrogen-bond donors (Lipinski definition) is 1.